The Morgan fingerprint density at radius 1 is 1.03 bits per heavy atom. The average Bonchev–Trinajstić information content (AvgIpc) is 2.65. The number of alkyl halides is 3. The van der Waals surface area contributed by atoms with Gasteiger partial charge in [-0.15, -0.1) is 0 Å². The summed E-state index contributed by atoms with van der Waals surface area (Å²) in [4.78, 5) is 14.5. The number of hydrogen-bond acceptors (Lipinski definition) is 2. The Bertz CT molecular complexity index is 1010. The Morgan fingerprint density at radius 2 is 1.72 bits per heavy atom. The molecule has 0 saturated carbocycles. The monoisotopic (exact) mass is 400 g/mol. The lowest BCUT2D eigenvalue weighted by molar-refractivity contribution is -0.137. The normalized spacial score (nSPS) is 12.9. The molecule has 0 fully saturated rings. The zero-order chi connectivity index (χ0) is 21.2. The van der Waals surface area contributed by atoms with Gasteiger partial charge >= 0.3 is 6.18 Å². The van der Waals surface area contributed by atoms with Crippen molar-refractivity contribution in [2.75, 3.05) is 20.6 Å². The van der Waals surface area contributed by atoms with E-state index in [9.17, 15) is 18.0 Å². The topological polar surface area (TPSA) is 32.3 Å². The molecule has 0 aliphatic rings. The maximum atomic E-state index is 12.8. The average molecular weight is 400 g/mol. The van der Waals surface area contributed by atoms with Crippen LogP contribution in [-0.2, 0) is 6.18 Å². The fourth-order valence-electron chi connectivity index (χ4n) is 3.42. The van der Waals surface area contributed by atoms with Crippen LogP contribution in [0.15, 0.2) is 60.7 Å². The summed E-state index contributed by atoms with van der Waals surface area (Å²) in [5.74, 6) is -0.152. The molecule has 1 amide bonds. The lowest BCUT2D eigenvalue weighted by Crippen LogP contribution is -2.39. The Kier molecular flexibility index (Phi) is 5.94. The minimum Gasteiger partial charge on any atom is -0.348 e. The molecule has 0 unspecified atom stereocenters. The van der Waals surface area contributed by atoms with Crippen LogP contribution in [0.4, 0.5) is 13.2 Å². The van der Waals surface area contributed by atoms with Crippen molar-refractivity contribution >= 4 is 16.7 Å². The molecule has 0 aliphatic heterocycles. The highest BCUT2D eigenvalue weighted by atomic mass is 19.4. The van der Waals surface area contributed by atoms with E-state index in [0.29, 0.717) is 11.1 Å². The summed E-state index contributed by atoms with van der Waals surface area (Å²) in [7, 11) is 3.89. The van der Waals surface area contributed by atoms with Gasteiger partial charge in [0.25, 0.3) is 5.91 Å². The molecular formula is C23H23F3N2O. The molecule has 152 valence electrons. The number of amides is 1. The van der Waals surface area contributed by atoms with Crippen molar-refractivity contribution in [1.82, 2.24) is 10.2 Å². The predicted octanol–water partition coefficient (Wildman–Crippen LogP) is 5.21. The van der Waals surface area contributed by atoms with Crippen LogP contribution in [0.2, 0.25) is 0 Å². The number of carbonyl (C=O) groups is 1. The number of fused-ring (bicyclic) bond motifs is 1. The molecule has 0 aromatic heterocycles. The lowest BCUT2D eigenvalue weighted by atomic mass is 9.96. The van der Waals surface area contributed by atoms with E-state index in [1.165, 1.54) is 12.1 Å². The second-order valence-electron chi connectivity index (χ2n) is 7.45. The molecule has 0 heterocycles. The molecule has 0 saturated heterocycles. The molecular weight excluding hydrogens is 377 g/mol. The molecule has 1 atom stereocenters. The van der Waals surface area contributed by atoms with Gasteiger partial charge in [-0.25, -0.2) is 0 Å². The van der Waals surface area contributed by atoms with Gasteiger partial charge in [-0.1, -0.05) is 36.4 Å². The van der Waals surface area contributed by atoms with Crippen LogP contribution < -0.4 is 5.32 Å². The molecule has 0 spiro atoms. The van der Waals surface area contributed by atoms with E-state index in [-0.39, 0.29) is 11.9 Å². The van der Waals surface area contributed by atoms with Gasteiger partial charge in [0.1, 0.15) is 0 Å². The first-order chi connectivity index (χ1) is 13.6. The molecule has 3 rings (SSSR count). The van der Waals surface area contributed by atoms with Gasteiger partial charge in [0, 0.05) is 18.2 Å². The number of rotatable bonds is 5. The lowest BCUT2D eigenvalue weighted by Gasteiger charge is -2.18. The number of hydrogen-bond donors (Lipinski definition) is 1. The first-order valence-electron chi connectivity index (χ1n) is 9.31. The van der Waals surface area contributed by atoms with Crippen LogP contribution in [0.3, 0.4) is 0 Å². The SMILES string of the molecule is C[C@H](CN(C)C)NC(=O)c1ccc2c(-c3ccc(C(F)(F)F)cc3)cccc2c1. The molecule has 29 heavy (non-hydrogen) atoms. The minimum absolute atomic E-state index is 0.00618. The van der Waals surface area contributed by atoms with Gasteiger partial charge in [0.15, 0.2) is 0 Å². The summed E-state index contributed by atoms with van der Waals surface area (Å²) in [5, 5.41) is 4.71. The van der Waals surface area contributed by atoms with Crippen molar-refractivity contribution in [2.45, 2.75) is 19.1 Å². The Morgan fingerprint density at radius 3 is 2.34 bits per heavy atom. The van der Waals surface area contributed by atoms with Crippen LogP contribution in [0.1, 0.15) is 22.8 Å². The van der Waals surface area contributed by atoms with Gasteiger partial charge in [-0.3, -0.25) is 4.79 Å². The highest BCUT2D eigenvalue weighted by Gasteiger charge is 2.30. The van der Waals surface area contributed by atoms with Gasteiger partial charge in [-0.05, 0) is 67.2 Å². The predicted molar refractivity (Wildman–Crippen MR) is 110 cm³/mol. The van der Waals surface area contributed by atoms with Gasteiger partial charge in [0.2, 0.25) is 0 Å². The zero-order valence-electron chi connectivity index (χ0n) is 16.5. The summed E-state index contributed by atoms with van der Waals surface area (Å²) >= 11 is 0. The van der Waals surface area contributed by atoms with Crippen LogP contribution in [-0.4, -0.2) is 37.5 Å². The maximum Gasteiger partial charge on any atom is 0.416 e. The molecule has 1 N–H and O–H groups in total. The smallest absolute Gasteiger partial charge is 0.348 e. The van der Waals surface area contributed by atoms with Crippen molar-refractivity contribution in [3.05, 3.63) is 71.8 Å². The first-order valence-corrected chi connectivity index (χ1v) is 9.31. The highest BCUT2D eigenvalue weighted by molar-refractivity contribution is 6.02. The van der Waals surface area contributed by atoms with Crippen molar-refractivity contribution in [3.8, 4) is 11.1 Å². The van der Waals surface area contributed by atoms with Crippen LogP contribution >= 0.6 is 0 Å². The van der Waals surface area contributed by atoms with Crippen molar-refractivity contribution < 1.29 is 18.0 Å². The third-order valence-corrected chi connectivity index (χ3v) is 4.68. The minimum atomic E-state index is -4.36. The fourth-order valence-corrected chi connectivity index (χ4v) is 3.42. The summed E-state index contributed by atoms with van der Waals surface area (Å²) in [5.41, 5.74) is 1.39. The number of likely N-dealkylation sites (N-methyl/N-ethyl adjacent to an activating group) is 1. The van der Waals surface area contributed by atoms with E-state index in [4.69, 9.17) is 0 Å². The van der Waals surface area contributed by atoms with E-state index < -0.39 is 11.7 Å². The van der Waals surface area contributed by atoms with E-state index in [2.05, 4.69) is 5.32 Å². The van der Waals surface area contributed by atoms with Gasteiger partial charge in [0.05, 0.1) is 5.56 Å². The second-order valence-corrected chi connectivity index (χ2v) is 7.45. The summed E-state index contributed by atoms with van der Waals surface area (Å²) in [6.07, 6.45) is -4.36. The number of nitrogens with one attached hydrogen (secondary N) is 1. The molecule has 3 nitrogen and oxygen atoms in total. The molecule has 0 radical (unpaired) electrons. The number of carbonyl (C=O) groups excluding carboxylic acids is 1. The Labute approximate surface area is 168 Å². The summed E-state index contributed by atoms with van der Waals surface area (Å²) in [6.45, 7) is 2.68. The van der Waals surface area contributed by atoms with E-state index >= 15 is 0 Å². The standard InChI is InChI=1S/C23H23F3N2O/c1-15(14-28(2)3)27-22(29)18-9-12-21-17(13-18)5-4-6-20(21)16-7-10-19(11-8-16)23(24,25)26/h4-13,15H,14H2,1-3H3,(H,27,29)/t15-/m1/s1. The van der Waals surface area contributed by atoms with Crippen LogP contribution in [0.25, 0.3) is 21.9 Å². The maximum absolute atomic E-state index is 12.8. The van der Waals surface area contributed by atoms with Gasteiger partial charge < -0.3 is 10.2 Å². The van der Waals surface area contributed by atoms with E-state index in [1.54, 1.807) is 12.1 Å². The van der Waals surface area contributed by atoms with Gasteiger partial charge in [-0.2, -0.15) is 13.2 Å². The third kappa shape index (κ3) is 4.95. The van der Waals surface area contributed by atoms with Crippen molar-refractivity contribution in [3.63, 3.8) is 0 Å². The van der Waals surface area contributed by atoms with Crippen LogP contribution in [0.5, 0.6) is 0 Å². The van der Waals surface area contributed by atoms with E-state index in [0.717, 1.165) is 35.0 Å². The Hall–Kier alpha value is -2.86. The largest absolute Gasteiger partial charge is 0.416 e. The fraction of sp³-hybridized carbons (Fsp3) is 0.261. The van der Waals surface area contributed by atoms with Crippen molar-refractivity contribution in [2.24, 2.45) is 0 Å². The first kappa shape index (κ1) is 20.9. The van der Waals surface area contributed by atoms with Crippen molar-refractivity contribution in [1.29, 1.82) is 0 Å². The number of halogens is 3. The summed E-state index contributed by atoms with van der Waals surface area (Å²) < 4.78 is 38.4. The number of nitrogens with zero attached hydrogens (tertiary/aromatic N) is 1. The second kappa shape index (κ2) is 8.25. The highest BCUT2D eigenvalue weighted by Crippen LogP contribution is 2.33. The van der Waals surface area contributed by atoms with Crippen LogP contribution in [0, 0.1) is 0 Å². The number of benzene rings is 3. The quantitative estimate of drug-likeness (QED) is 0.638. The summed E-state index contributed by atoms with van der Waals surface area (Å²) in [6, 6.07) is 16.1. The molecule has 3 aromatic rings. The molecule has 0 bridgehead atoms. The molecule has 6 heteroatoms. The zero-order valence-corrected chi connectivity index (χ0v) is 16.5. The van der Waals surface area contributed by atoms with E-state index in [1.807, 2.05) is 50.2 Å². The molecule has 3 aromatic carbocycles. The third-order valence-electron chi connectivity index (χ3n) is 4.68. The Balaban J connectivity index is 1.90. The molecule has 0 aliphatic carbocycles.